The van der Waals surface area contributed by atoms with Gasteiger partial charge in [0.2, 0.25) is 0 Å². The molecule has 0 heterocycles. The first-order valence-electron chi connectivity index (χ1n) is 16.2. The minimum Gasteiger partial charge on any atom is -0.481 e. The summed E-state index contributed by atoms with van der Waals surface area (Å²) in [6.45, 7) is 11.4. The second kappa shape index (κ2) is 14.6. The van der Waals surface area contributed by atoms with Gasteiger partial charge in [-0.1, -0.05) is 110 Å². The van der Waals surface area contributed by atoms with Gasteiger partial charge in [-0.05, 0) is 79.8 Å². The van der Waals surface area contributed by atoms with Gasteiger partial charge in [0.05, 0.1) is 0 Å². The van der Waals surface area contributed by atoms with E-state index in [9.17, 15) is 14.7 Å². The molecule has 0 aromatic carbocycles. The number of hydrogen-bond donors (Lipinski definition) is 1. The Bertz CT molecular complexity index is 962. The normalized spacial score (nSPS) is 28.4. The fourth-order valence-electron chi connectivity index (χ4n) is 7.63. The third kappa shape index (κ3) is 7.65. The number of ketones is 1. The van der Waals surface area contributed by atoms with Crippen molar-refractivity contribution in [1.82, 2.24) is 0 Å². The van der Waals surface area contributed by atoms with Crippen molar-refractivity contribution in [3.8, 4) is 0 Å². The van der Waals surface area contributed by atoms with E-state index in [4.69, 9.17) is 0 Å². The van der Waals surface area contributed by atoms with E-state index in [0.29, 0.717) is 18.1 Å². The lowest BCUT2D eigenvalue weighted by atomic mass is 9.66. The second-order valence-corrected chi connectivity index (χ2v) is 13.5. The van der Waals surface area contributed by atoms with Gasteiger partial charge in [0.15, 0.2) is 5.78 Å². The summed E-state index contributed by atoms with van der Waals surface area (Å²) in [5.74, 6) is 0.378. The van der Waals surface area contributed by atoms with Crippen molar-refractivity contribution in [2.45, 2.75) is 137 Å². The molecule has 0 amide bonds. The highest BCUT2D eigenvalue weighted by Crippen LogP contribution is 2.67. The minimum atomic E-state index is -0.709. The molecule has 0 aliphatic heterocycles. The second-order valence-electron chi connectivity index (χ2n) is 13.5. The molecule has 4 atom stereocenters. The van der Waals surface area contributed by atoms with Crippen molar-refractivity contribution in [2.24, 2.45) is 28.6 Å². The first-order valence-corrected chi connectivity index (χ1v) is 16.2. The van der Waals surface area contributed by atoms with Crippen LogP contribution in [0.2, 0.25) is 0 Å². The molecule has 3 aliphatic carbocycles. The van der Waals surface area contributed by atoms with Crippen LogP contribution in [0.3, 0.4) is 0 Å². The first kappa shape index (κ1) is 31.6. The minimum absolute atomic E-state index is 0.00366. The molecule has 4 unspecified atom stereocenters. The van der Waals surface area contributed by atoms with Crippen LogP contribution in [0.5, 0.6) is 0 Å². The molecular weight excluding hydrogens is 480 g/mol. The highest BCUT2D eigenvalue weighted by molar-refractivity contribution is 6.04. The summed E-state index contributed by atoms with van der Waals surface area (Å²) in [7, 11) is 0. The van der Waals surface area contributed by atoms with Gasteiger partial charge in [-0.2, -0.15) is 0 Å². The SMILES string of the molecule is CCCCCCCC/C=C\CCCCC(CCC(=O)O)CC1=CC=CC(C)C1=C1C(=O)C2CCC1(C)C2(C)C. The number of fused-ring (bicyclic) bond motifs is 2. The Morgan fingerprint density at radius 1 is 1.03 bits per heavy atom. The Morgan fingerprint density at radius 3 is 2.33 bits per heavy atom. The van der Waals surface area contributed by atoms with Crippen molar-refractivity contribution >= 4 is 11.8 Å². The van der Waals surface area contributed by atoms with Crippen molar-refractivity contribution in [3.05, 3.63) is 47.1 Å². The number of carbonyl (C=O) groups is 2. The fraction of sp³-hybridized carbons (Fsp3) is 0.722. The van der Waals surface area contributed by atoms with Crippen LogP contribution >= 0.6 is 0 Å². The lowest BCUT2D eigenvalue weighted by Gasteiger charge is -2.37. The Balaban J connectivity index is 1.59. The smallest absolute Gasteiger partial charge is 0.303 e. The summed E-state index contributed by atoms with van der Waals surface area (Å²) in [6, 6.07) is 0. The molecule has 3 heteroatoms. The Kier molecular flexibility index (Phi) is 11.9. The summed E-state index contributed by atoms with van der Waals surface area (Å²) in [6.07, 6.45) is 28.9. The zero-order chi connectivity index (χ0) is 28.5. The van der Waals surface area contributed by atoms with E-state index in [0.717, 1.165) is 50.5 Å². The maximum Gasteiger partial charge on any atom is 0.303 e. The summed E-state index contributed by atoms with van der Waals surface area (Å²) in [5, 5.41) is 9.42. The Labute approximate surface area is 239 Å². The third-order valence-corrected chi connectivity index (χ3v) is 10.5. The Hall–Kier alpha value is -1.90. The quantitative estimate of drug-likeness (QED) is 0.114. The van der Waals surface area contributed by atoms with Crippen molar-refractivity contribution in [3.63, 3.8) is 0 Å². The summed E-state index contributed by atoms with van der Waals surface area (Å²) >= 11 is 0. The number of carboxylic acids is 1. The van der Waals surface area contributed by atoms with Gasteiger partial charge >= 0.3 is 5.97 Å². The molecular formula is C36H56O3. The number of unbranched alkanes of at least 4 members (excludes halogenated alkanes) is 8. The third-order valence-electron chi connectivity index (χ3n) is 10.5. The number of Topliss-reactive ketones (excluding diaryl/α,β-unsaturated/α-hetero) is 1. The summed E-state index contributed by atoms with van der Waals surface area (Å²) in [5.41, 5.74) is 3.58. The van der Waals surface area contributed by atoms with E-state index in [1.165, 1.54) is 56.1 Å². The highest BCUT2D eigenvalue weighted by Gasteiger charge is 2.64. The van der Waals surface area contributed by atoms with Gasteiger partial charge in [-0.15, -0.1) is 0 Å². The van der Waals surface area contributed by atoms with Gasteiger partial charge in [0, 0.05) is 23.3 Å². The summed E-state index contributed by atoms with van der Waals surface area (Å²) < 4.78 is 0. The van der Waals surface area contributed by atoms with Crippen LogP contribution < -0.4 is 0 Å². The molecule has 2 bridgehead atoms. The lowest BCUT2D eigenvalue weighted by molar-refractivity contribution is -0.137. The fourth-order valence-corrected chi connectivity index (χ4v) is 7.63. The molecule has 0 spiro atoms. The monoisotopic (exact) mass is 536 g/mol. The molecule has 0 aromatic heterocycles. The average molecular weight is 537 g/mol. The van der Waals surface area contributed by atoms with E-state index >= 15 is 0 Å². The van der Waals surface area contributed by atoms with E-state index < -0.39 is 5.97 Å². The molecule has 0 radical (unpaired) electrons. The van der Waals surface area contributed by atoms with Crippen LogP contribution in [0.1, 0.15) is 137 Å². The van der Waals surface area contributed by atoms with E-state index in [1.54, 1.807) is 0 Å². The van der Waals surface area contributed by atoms with E-state index in [1.807, 2.05) is 0 Å². The molecule has 3 rings (SSSR count). The molecule has 2 fully saturated rings. The van der Waals surface area contributed by atoms with Crippen LogP contribution in [-0.2, 0) is 9.59 Å². The largest absolute Gasteiger partial charge is 0.481 e. The number of hydrogen-bond acceptors (Lipinski definition) is 2. The van der Waals surface area contributed by atoms with Crippen LogP contribution in [-0.4, -0.2) is 16.9 Å². The molecule has 1 N–H and O–H groups in total. The van der Waals surface area contributed by atoms with Crippen LogP contribution in [0.4, 0.5) is 0 Å². The first-order chi connectivity index (χ1) is 18.6. The van der Waals surface area contributed by atoms with Gasteiger partial charge in [0.1, 0.15) is 0 Å². The zero-order valence-corrected chi connectivity index (χ0v) is 25.7. The van der Waals surface area contributed by atoms with E-state index in [-0.39, 0.29) is 29.1 Å². The maximum atomic E-state index is 13.7. The van der Waals surface area contributed by atoms with Gasteiger partial charge in [0.25, 0.3) is 0 Å². The topological polar surface area (TPSA) is 54.4 Å². The predicted octanol–water partition coefficient (Wildman–Crippen LogP) is 10.2. The van der Waals surface area contributed by atoms with Crippen molar-refractivity contribution < 1.29 is 14.7 Å². The van der Waals surface area contributed by atoms with Crippen molar-refractivity contribution in [1.29, 1.82) is 0 Å². The van der Waals surface area contributed by atoms with E-state index in [2.05, 4.69) is 65.0 Å². The predicted molar refractivity (Wildman–Crippen MR) is 164 cm³/mol. The standard InChI is InChI=1S/C36H56O3/c1-6-7-8-9-10-11-12-13-14-15-16-17-20-28(22-23-31(37)38)26-29-21-18-19-27(2)32(29)33-34(39)30-24-25-36(33,5)35(30,3)4/h13-14,18-19,21,27-28,30H,6-12,15-17,20,22-26H2,1-5H3,(H,37,38)/b14-13-,33-32?. The number of aliphatic carboxylic acids is 1. The molecule has 3 nitrogen and oxygen atoms in total. The van der Waals surface area contributed by atoms with Crippen LogP contribution in [0.15, 0.2) is 47.1 Å². The van der Waals surface area contributed by atoms with Crippen LogP contribution in [0.25, 0.3) is 0 Å². The average Bonchev–Trinajstić information content (AvgIpc) is 3.20. The van der Waals surface area contributed by atoms with Crippen LogP contribution in [0, 0.1) is 28.6 Å². The van der Waals surface area contributed by atoms with Gasteiger partial charge in [-0.25, -0.2) is 0 Å². The zero-order valence-electron chi connectivity index (χ0n) is 25.7. The summed E-state index contributed by atoms with van der Waals surface area (Å²) in [4.78, 5) is 25.1. The maximum absolute atomic E-state index is 13.7. The number of allylic oxidation sites excluding steroid dienone is 8. The lowest BCUT2D eigenvalue weighted by Crippen LogP contribution is -2.30. The molecule has 0 aromatic rings. The molecule has 0 saturated heterocycles. The number of rotatable bonds is 17. The molecule has 39 heavy (non-hydrogen) atoms. The highest BCUT2D eigenvalue weighted by atomic mass is 16.4. The van der Waals surface area contributed by atoms with Gasteiger partial charge in [-0.3, -0.25) is 9.59 Å². The molecule has 218 valence electrons. The number of carbonyl (C=O) groups excluding carboxylic acids is 1. The Morgan fingerprint density at radius 2 is 1.69 bits per heavy atom. The molecule has 3 aliphatic rings. The number of carboxylic acid groups (broad SMARTS) is 1. The van der Waals surface area contributed by atoms with Crippen molar-refractivity contribution in [2.75, 3.05) is 0 Å². The molecule has 2 saturated carbocycles. The van der Waals surface area contributed by atoms with Gasteiger partial charge < -0.3 is 5.11 Å².